The number of rotatable bonds is 7. The van der Waals surface area contributed by atoms with E-state index in [1.807, 2.05) is 69.7 Å². The fraction of sp³-hybridized carbons (Fsp3) is 0.200. The summed E-state index contributed by atoms with van der Waals surface area (Å²) in [5.41, 5.74) is 13.2. The van der Waals surface area contributed by atoms with Gasteiger partial charge in [0.2, 0.25) is 0 Å². The van der Waals surface area contributed by atoms with E-state index < -0.39 is 11.7 Å². The number of nitrogens with zero attached hydrogens (tertiary/aromatic N) is 3. The van der Waals surface area contributed by atoms with Crippen molar-refractivity contribution >= 4 is 17.1 Å². The standard InChI is InChI=1S/C30H29N5O2/c1-19-6-4-9-26(34-19)27-16-25(24-11-13-33-28(24)35-27)23-15-22(17-32-18-23)21-8-5-7-20(14-21)10-12-30(2,3)37-29(31)36/h4-9,11,13-18H,10,12H2,1-3H3,(H2,31,36)(H,33,35). The Hall–Kier alpha value is -4.52. The monoisotopic (exact) mass is 491 g/mol. The number of aromatic nitrogens is 4. The Morgan fingerprint density at radius 2 is 1.76 bits per heavy atom. The van der Waals surface area contributed by atoms with Gasteiger partial charge in [-0.1, -0.05) is 30.3 Å². The van der Waals surface area contributed by atoms with E-state index in [1.54, 1.807) is 0 Å². The van der Waals surface area contributed by atoms with Crippen molar-refractivity contribution in [1.82, 2.24) is 19.9 Å². The third-order valence-electron chi connectivity index (χ3n) is 6.38. The first-order valence-electron chi connectivity index (χ1n) is 12.2. The number of hydrogen-bond acceptors (Lipinski definition) is 5. The summed E-state index contributed by atoms with van der Waals surface area (Å²) in [6, 6.07) is 20.6. The number of aryl methyl sites for hydroxylation is 2. The summed E-state index contributed by atoms with van der Waals surface area (Å²) < 4.78 is 5.23. The van der Waals surface area contributed by atoms with Crippen LogP contribution in [0.25, 0.3) is 44.7 Å². The Morgan fingerprint density at radius 1 is 0.946 bits per heavy atom. The van der Waals surface area contributed by atoms with Gasteiger partial charge in [0, 0.05) is 40.8 Å². The second-order valence-corrected chi connectivity index (χ2v) is 9.80. The predicted octanol–water partition coefficient (Wildman–Crippen LogP) is 6.47. The highest BCUT2D eigenvalue weighted by Crippen LogP contribution is 2.33. The van der Waals surface area contributed by atoms with E-state index in [-0.39, 0.29) is 0 Å². The molecule has 0 atom stereocenters. The van der Waals surface area contributed by atoms with Crippen LogP contribution in [0, 0.1) is 6.92 Å². The molecule has 0 aliphatic carbocycles. The molecule has 1 amide bonds. The summed E-state index contributed by atoms with van der Waals surface area (Å²) >= 11 is 0. The maximum Gasteiger partial charge on any atom is 0.405 e. The zero-order valence-corrected chi connectivity index (χ0v) is 21.2. The van der Waals surface area contributed by atoms with Crippen LogP contribution in [0.15, 0.2) is 79.3 Å². The van der Waals surface area contributed by atoms with Crippen molar-refractivity contribution in [2.24, 2.45) is 5.73 Å². The summed E-state index contributed by atoms with van der Waals surface area (Å²) in [6.45, 7) is 5.71. The molecule has 0 saturated heterocycles. The van der Waals surface area contributed by atoms with Crippen molar-refractivity contribution in [1.29, 1.82) is 0 Å². The van der Waals surface area contributed by atoms with E-state index >= 15 is 0 Å². The number of pyridine rings is 3. The molecule has 0 fully saturated rings. The van der Waals surface area contributed by atoms with Gasteiger partial charge in [-0.15, -0.1) is 0 Å². The minimum Gasteiger partial charge on any atom is -0.444 e. The molecule has 0 radical (unpaired) electrons. The zero-order chi connectivity index (χ0) is 26.0. The predicted molar refractivity (Wildman–Crippen MR) is 146 cm³/mol. The quantitative estimate of drug-likeness (QED) is 0.271. The lowest BCUT2D eigenvalue weighted by atomic mass is 9.95. The van der Waals surface area contributed by atoms with E-state index in [1.165, 1.54) is 0 Å². The SMILES string of the molecule is Cc1cccc(-c2cc(-c3cncc(-c4cccc(CCC(C)(C)OC(N)=O)c4)c3)c3cc[nH]c3n2)n1. The van der Waals surface area contributed by atoms with E-state index in [0.717, 1.165) is 62.4 Å². The maximum atomic E-state index is 11.2. The topological polar surface area (TPSA) is 107 Å². The van der Waals surface area contributed by atoms with Crippen LogP contribution in [0.1, 0.15) is 31.5 Å². The highest BCUT2D eigenvalue weighted by atomic mass is 16.6. The number of nitrogens with two attached hydrogens (primary N) is 1. The molecule has 3 N–H and O–H groups in total. The van der Waals surface area contributed by atoms with Gasteiger partial charge in [-0.25, -0.2) is 9.78 Å². The number of carbonyl (C=O) groups excluding carboxylic acids is 1. The third kappa shape index (κ3) is 5.51. The van der Waals surface area contributed by atoms with Crippen LogP contribution < -0.4 is 5.73 Å². The molecule has 0 aliphatic heterocycles. The Kier molecular flexibility index (Phi) is 6.44. The van der Waals surface area contributed by atoms with Gasteiger partial charge in [-0.05, 0) is 80.6 Å². The lowest BCUT2D eigenvalue weighted by molar-refractivity contribution is 0.0394. The smallest absolute Gasteiger partial charge is 0.405 e. The highest BCUT2D eigenvalue weighted by molar-refractivity contribution is 5.95. The molecular weight excluding hydrogens is 462 g/mol. The number of H-pyrrole nitrogens is 1. The number of fused-ring (bicyclic) bond motifs is 1. The Morgan fingerprint density at radius 3 is 2.57 bits per heavy atom. The molecule has 1 aromatic carbocycles. The van der Waals surface area contributed by atoms with Gasteiger partial charge in [0.25, 0.3) is 0 Å². The average molecular weight is 492 g/mol. The van der Waals surface area contributed by atoms with Gasteiger partial charge in [0.1, 0.15) is 11.2 Å². The van der Waals surface area contributed by atoms with Crippen molar-refractivity contribution in [3.05, 3.63) is 90.5 Å². The van der Waals surface area contributed by atoms with E-state index in [0.29, 0.717) is 6.42 Å². The van der Waals surface area contributed by atoms with Crippen LogP contribution in [0.5, 0.6) is 0 Å². The number of ether oxygens (including phenoxy) is 1. The minimum absolute atomic E-state index is 0.629. The molecule has 0 saturated carbocycles. The lowest BCUT2D eigenvalue weighted by Gasteiger charge is -2.23. The first kappa shape index (κ1) is 24.2. The van der Waals surface area contributed by atoms with Crippen LogP contribution in [-0.2, 0) is 11.2 Å². The Bertz CT molecular complexity index is 1590. The third-order valence-corrected chi connectivity index (χ3v) is 6.38. The fourth-order valence-corrected chi connectivity index (χ4v) is 4.51. The number of nitrogens with one attached hydrogen (secondary N) is 1. The summed E-state index contributed by atoms with van der Waals surface area (Å²) in [4.78, 5) is 28.5. The number of amides is 1. The highest BCUT2D eigenvalue weighted by Gasteiger charge is 2.21. The molecular formula is C30H29N5O2. The number of carbonyl (C=O) groups is 1. The number of benzene rings is 1. The van der Waals surface area contributed by atoms with Crippen LogP contribution in [0.4, 0.5) is 4.79 Å². The zero-order valence-electron chi connectivity index (χ0n) is 21.2. The molecule has 4 aromatic heterocycles. The van der Waals surface area contributed by atoms with Crippen LogP contribution >= 0.6 is 0 Å². The molecule has 0 spiro atoms. The molecule has 0 bridgehead atoms. The molecule has 4 heterocycles. The lowest BCUT2D eigenvalue weighted by Crippen LogP contribution is -2.31. The number of primary amides is 1. The van der Waals surface area contributed by atoms with Gasteiger partial charge in [-0.3, -0.25) is 9.97 Å². The van der Waals surface area contributed by atoms with E-state index in [9.17, 15) is 4.79 Å². The van der Waals surface area contributed by atoms with Gasteiger partial charge in [0.15, 0.2) is 0 Å². The normalized spacial score (nSPS) is 11.5. The minimum atomic E-state index is -0.754. The summed E-state index contributed by atoms with van der Waals surface area (Å²) in [5.74, 6) is 0. The molecule has 5 aromatic rings. The van der Waals surface area contributed by atoms with Crippen molar-refractivity contribution in [3.8, 4) is 33.6 Å². The van der Waals surface area contributed by atoms with Crippen molar-refractivity contribution in [3.63, 3.8) is 0 Å². The molecule has 0 aliphatic rings. The first-order valence-corrected chi connectivity index (χ1v) is 12.2. The van der Waals surface area contributed by atoms with Crippen molar-refractivity contribution in [2.75, 3.05) is 0 Å². The van der Waals surface area contributed by atoms with Crippen LogP contribution in [0.3, 0.4) is 0 Å². The molecule has 5 rings (SSSR count). The van der Waals surface area contributed by atoms with Gasteiger partial charge in [-0.2, -0.15) is 0 Å². The average Bonchev–Trinajstić information content (AvgIpc) is 3.35. The van der Waals surface area contributed by atoms with Gasteiger partial charge < -0.3 is 15.5 Å². The summed E-state index contributed by atoms with van der Waals surface area (Å²) in [7, 11) is 0. The summed E-state index contributed by atoms with van der Waals surface area (Å²) in [6.07, 6.45) is 6.32. The Balaban J connectivity index is 1.48. The molecule has 0 unspecified atom stereocenters. The summed E-state index contributed by atoms with van der Waals surface area (Å²) in [5, 5.41) is 1.03. The van der Waals surface area contributed by atoms with E-state index in [4.69, 9.17) is 15.5 Å². The Labute approximate surface area is 215 Å². The first-order chi connectivity index (χ1) is 17.8. The second-order valence-electron chi connectivity index (χ2n) is 9.80. The van der Waals surface area contributed by atoms with Crippen LogP contribution in [-0.4, -0.2) is 31.6 Å². The molecule has 7 heteroatoms. The molecule has 37 heavy (non-hydrogen) atoms. The van der Waals surface area contributed by atoms with Gasteiger partial charge in [0.05, 0.1) is 11.4 Å². The van der Waals surface area contributed by atoms with Gasteiger partial charge >= 0.3 is 6.09 Å². The largest absolute Gasteiger partial charge is 0.444 e. The second kappa shape index (κ2) is 9.85. The molecule has 7 nitrogen and oxygen atoms in total. The van der Waals surface area contributed by atoms with Crippen molar-refractivity contribution < 1.29 is 9.53 Å². The van der Waals surface area contributed by atoms with E-state index in [2.05, 4.69) is 45.3 Å². The maximum absolute atomic E-state index is 11.2. The van der Waals surface area contributed by atoms with Crippen molar-refractivity contribution in [2.45, 2.75) is 39.2 Å². The molecule has 186 valence electrons. The number of aromatic amines is 1. The fourth-order valence-electron chi connectivity index (χ4n) is 4.51. The van der Waals surface area contributed by atoms with Crippen LogP contribution in [0.2, 0.25) is 0 Å². The number of hydrogen-bond donors (Lipinski definition) is 2.